The Morgan fingerprint density at radius 1 is 1.05 bits per heavy atom. The predicted molar refractivity (Wildman–Crippen MR) is 82.8 cm³/mol. The van der Waals surface area contributed by atoms with Gasteiger partial charge in [-0.05, 0) is 23.8 Å². The molecule has 4 heteroatoms. The lowest BCUT2D eigenvalue weighted by Crippen LogP contribution is -2.24. The van der Waals surface area contributed by atoms with Gasteiger partial charge in [0.25, 0.3) is 0 Å². The van der Waals surface area contributed by atoms with Gasteiger partial charge in [-0.25, -0.2) is 0 Å². The molecule has 20 heavy (non-hydrogen) atoms. The van der Waals surface area contributed by atoms with Gasteiger partial charge >= 0.3 is 0 Å². The van der Waals surface area contributed by atoms with Crippen molar-refractivity contribution >= 4 is 23.2 Å². The maximum Gasteiger partial charge on any atom is 0.222 e. The van der Waals surface area contributed by atoms with Crippen LogP contribution in [0, 0.1) is 0 Å². The van der Waals surface area contributed by atoms with E-state index >= 15 is 0 Å². The molecule has 2 rings (SSSR count). The van der Waals surface area contributed by atoms with Crippen LogP contribution in [0.15, 0.2) is 54.6 Å². The smallest absolute Gasteiger partial charge is 0.222 e. The van der Waals surface area contributed by atoms with Crippen LogP contribution in [-0.2, 0) is 11.3 Å². The summed E-state index contributed by atoms with van der Waals surface area (Å²) in [6.07, 6.45) is 0.430. The minimum atomic E-state index is 0.0309. The second kappa shape index (κ2) is 7.56. The fraction of sp³-hybridized carbons (Fsp3) is 0.188. The topological polar surface area (TPSA) is 41.1 Å². The first kappa shape index (κ1) is 14.4. The van der Waals surface area contributed by atoms with E-state index in [0.717, 1.165) is 11.3 Å². The summed E-state index contributed by atoms with van der Waals surface area (Å²) in [5.74, 6) is 0.0309. The fourth-order valence-electron chi connectivity index (χ4n) is 1.80. The summed E-state index contributed by atoms with van der Waals surface area (Å²) in [5.41, 5.74) is 2.03. The van der Waals surface area contributed by atoms with Crippen molar-refractivity contribution < 1.29 is 4.79 Å². The standard InChI is InChI=1S/C16H17ClN2O/c17-14-7-4-8-15(11-14)18-10-9-16(20)19-12-13-5-2-1-3-6-13/h1-8,11,18H,9-10,12H2,(H,19,20). The zero-order valence-electron chi connectivity index (χ0n) is 11.1. The molecule has 0 fully saturated rings. The van der Waals surface area contributed by atoms with Crippen LogP contribution < -0.4 is 10.6 Å². The fourth-order valence-corrected chi connectivity index (χ4v) is 1.99. The van der Waals surface area contributed by atoms with Crippen molar-refractivity contribution in [2.75, 3.05) is 11.9 Å². The molecule has 0 atom stereocenters. The number of carbonyl (C=O) groups is 1. The lowest BCUT2D eigenvalue weighted by Gasteiger charge is -2.08. The largest absolute Gasteiger partial charge is 0.384 e. The van der Waals surface area contributed by atoms with E-state index in [2.05, 4.69) is 10.6 Å². The Balaban J connectivity index is 1.68. The van der Waals surface area contributed by atoms with Crippen LogP contribution in [0.4, 0.5) is 5.69 Å². The minimum absolute atomic E-state index is 0.0309. The lowest BCUT2D eigenvalue weighted by atomic mass is 10.2. The maximum absolute atomic E-state index is 11.7. The number of hydrogen-bond donors (Lipinski definition) is 2. The van der Waals surface area contributed by atoms with Crippen molar-refractivity contribution in [3.8, 4) is 0 Å². The van der Waals surface area contributed by atoms with Crippen molar-refractivity contribution in [3.63, 3.8) is 0 Å². The van der Waals surface area contributed by atoms with Gasteiger partial charge in [0.1, 0.15) is 0 Å². The highest BCUT2D eigenvalue weighted by Gasteiger charge is 2.01. The van der Waals surface area contributed by atoms with Crippen LogP contribution in [0.25, 0.3) is 0 Å². The lowest BCUT2D eigenvalue weighted by molar-refractivity contribution is -0.121. The summed E-state index contributed by atoms with van der Waals surface area (Å²) >= 11 is 5.88. The number of anilines is 1. The van der Waals surface area contributed by atoms with E-state index in [-0.39, 0.29) is 5.91 Å². The van der Waals surface area contributed by atoms with Gasteiger partial charge in [-0.2, -0.15) is 0 Å². The quantitative estimate of drug-likeness (QED) is 0.855. The predicted octanol–water partition coefficient (Wildman–Crippen LogP) is 3.46. The molecule has 104 valence electrons. The van der Waals surface area contributed by atoms with Crippen LogP contribution >= 0.6 is 11.6 Å². The first-order valence-corrected chi connectivity index (χ1v) is 6.92. The van der Waals surface area contributed by atoms with E-state index < -0.39 is 0 Å². The van der Waals surface area contributed by atoms with E-state index in [4.69, 9.17) is 11.6 Å². The summed E-state index contributed by atoms with van der Waals surface area (Å²) in [4.78, 5) is 11.7. The number of nitrogens with one attached hydrogen (secondary N) is 2. The van der Waals surface area contributed by atoms with Gasteiger partial charge in [0.05, 0.1) is 0 Å². The molecule has 0 saturated carbocycles. The molecule has 0 saturated heterocycles. The molecule has 0 aliphatic rings. The van der Waals surface area contributed by atoms with Gasteiger partial charge in [-0.3, -0.25) is 4.79 Å². The highest BCUT2D eigenvalue weighted by atomic mass is 35.5. The van der Waals surface area contributed by atoms with Gasteiger partial charge in [0.2, 0.25) is 5.91 Å². The molecule has 0 bridgehead atoms. The molecule has 0 aliphatic carbocycles. The number of benzene rings is 2. The molecule has 3 nitrogen and oxygen atoms in total. The molecule has 0 aromatic heterocycles. The summed E-state index contributed by atoms with van der Waals surface area (Å²) < 4.78 is 0. The van der Waals surface area contributed by atoms with Crippen LogP contribution in [0.2, 0.25) is 5.02 Å². The van der Waals surface area contributed by atoms with Gasteiger partial charge in [0.15, 0.2) is 0 Å². The van der Waals surface area contributed by atoms with Crippen LogP contribution in [0.1, 0.15) is 12.0 Å². The van der Waals surface area contributed by atoms with E-state index in [0.29, 0.717) is 24.5 Å². The normalized spacial score (nSPS) is 10.1. The maximum atomic E-state index is 11.7. The van der Waals surface area contributed by atoms with Gasteiger partial charge in [-0.15, -0.1) is 0 Å². The Kier molecular flexibility index (Phi) is 5.44. The molecule has 2 aromatic carbocycles. The third-order valence-corrected chi connectivity index (χ3v) is 3.07. The first-order chi connectivity index (χ1) is 9.74. The first-order valence-electron chi connectivity index (χ1n) is 6.54. The molecule has 2 aromatic rings. The van der Waals surface area contributed by atoms with E-state index in [1.807, 2.05) is 54.6 Å². The molecule has 2 N–H and O–H groups in total. The van der Waals surface area contributed by atoms with Crippen LogP contribution in [0.3, 0.4) is 0 Å². The molecule has 0 unspecified atom stereocenters. The Hall–Kier alpha value is -2.00. The zero-order chi connectivity index (χ0) is 14.2. The number of rotatable bonds is 6. The Labute approximate surface area is 124 Å². The van der Waals surface area contributed by atoms with Crippen molar-refractivity contribution in [2.24, 2.45) is 0 Å². The minimum Gasteiger partial charge on any atom is -0.384 e. The molecule has 1 amide bonds. The number of carbonyl (C=O) groups excluding carboxylic acids is 1. The van der Waals surface area contributed by atoms with Crippen molar-refractivity contribution in [2.45, 2.75) is 13.0 Å². The SMILES string of the molecule is O=C(CCNc1cccc(Cl)c1)NCc1ccccc1. The molecular weight excluding hydrogens is 272 g/mol. The number of hydrogen-bond acceptors (Lipinski definition) is 2. The molecular formula is C16H17ClN2O. The summed E-state index contributed by atoms with van der Waals surface area (Å²) in [6.45, 7) is 1.15. The van der Waals surface area contributed by atoms with Crippen LogP contribution in [0.5, 0.6) is 0 Å². The van der Waals surface area contributed by atoms with Crippen molar-refractivity contribution in [1.82, 2.24) is 5.32 Å². The monoisotopic (exact) mass is 288 g/mol. The molecule has 0 aliphatic heterocycles. The second-order valence-electron chi connectivity index (χ2n) is 4.45. The third kappa shape index (κ3) is 4.94. The van der Waals surface area contributed by atoms with Gasteiger partial charge in [-0.1, -0.05) is 48.0 Å². The van der Waals surface area contributed by atoms with Crippen molar-refractivity contribution in [3.05, 3.63) is 65.2 Å². The number of halogens is 1. The van der Waals surface area contributed by atoms with E-state index in [1.54, 1.807) is 0 Å². The Bertz CT molecular complexity index is 557. The Morgan fingerprint density at radius 2 is 1.85 bits per heavy atom. The second-order valence-corrected chi connectivity index (χ2v) is 4.89. The third-order valence-electron chi connectivity index (χ3n) is 2.84. The summed E-state index contributed by atoms with van der Waals surface area (Å²) in [7, 11) is 0. The van der Waals surface area contributed by atoms with E-state index in [9.17, 15) is 4.79 Å². The van der Waals surface area contributed by atoms with Gasteiger partial charge < -0.3 is 10.6 Å². The van der Waals surface area contributed by atoms with Crippen LogP contribution in [-0.4, -0.2) is 12.5 Å². The highest BCUT2D eigenvalue weighted by molar-refractivity contribution is 6.30. The zero-order valence-corrected chi connectivity index (χ0v) is 11.9. The molecule has 0 radical (unpaired) electrons. The summed E-state index contributed by atoms with van der Waals surface area (Å²) in [5, 5.41) is 6.74. The highest BCUT2D eigenvalue weighted by Crippen LogP contribution is 2.14. The average Bonchev–Trinajstić information content (AvgIpc) is 2.46. The molecule has 0 heterocycles. The summed E-state index contributed by atoms with van der Waals surface area (Å²) in [6, 6.07) is 17.3. The Morgan fingerprint density at radius 3 is 2.60 bits per heavy atom. The average molecular weight is 289 g/mol. The number of amides is 1. The molecule has 0 spiro atoms. The van der Waals surface area contributed by atoms with Crippen molar-refractivity contribution in [1.29, 1.82) is 0 Å². The van der Waals surface area contributed by atoms with Gasteiger partial charge in [0, 0.05) is 30.2 Å². The van der Waals surface area contributed by atoms with E-state index in [1.165, 1.54) is 0 Å².